The van der Waals surface area contributed by atoms with Crippen LogP contribution in [0.4, 0.5) is 0 Å². The monoisotopic (exact) mass is 224 g/mol. The summed E-state index contributed by atoms with van der Waals surface area (Å²) in [6.07, 6.45) is 0.699. The molecule has 0 saturated heterocycles. The zero-order chi connectivity index (χ0) is 12.5. The van der Waals surface area contributed by atoms with Crippen molar-refractivity contribution in [2.24, 2.45) is 7.05 Å². The number of nitrogens with zero attached hydrogens (tertiary/aromatic N) is 2. The highest BCUT2D eigenvalue weighted by Crippen LogP contribution is 2.26. The van der Waals surface area contributed by atoms with E-state index in [0.29, 0.717) is 6.42 Å². The fraction of sp³-hybridized carbons (Fsp3) is 0.667. The fourth-order valence-electron chi connectivity index (χ4n) is 1.95. The van der Waals surface area contributed by atoms with Crippen molar-refractivity contribution in [1.82, 2.24) is 9.78 Å². The topological polar surface area (TPSA) is 55.1 Å². The van der Waals surface area contributed by atoms with Crippen LogP contribution in [-0.2, 0) is 23.7 Å². The Bertz CT molecular complexity index is 400. The summed E-state index contributed by atoms with van der Waals surface area (Å²) >= 11 is 0. The lowest BCUT2D eigenvalue weighted by Gasteiger charge is -2.16. The second kappa shape index (κ2) is 4.28. The molecular weight excluding hydrogens is 204 g/mol. The molecule has 1 heterocycles. The Labute approximate surface area is 96.3 Å². The predicted molar refractivity (Wildman–Crippen MR) is 62.6 cm³/mol. The first-order valence-corrected chi connectivity index (χ1v) is 5.48. The largest absolute Gasteiger partial charge is 0.481 e. The molecule has 16 heavy (non-hydrogen) atoms. The highest BCUT2D eigenvalue weighted by atomic mass is 16.4. The molecule has 1 aromatic heterocycles. The van der Waals surface area contributed by atoms with E-state index >= 15 is 0 Å². The summed E-state index contributed by atoms with van der Waals surface area (Å²) in [4.78, 5) is 10.6. The first-order valence-electron chi connectivity index (χ1n) is 5.48. The molecule has 0 amide bonds. The van der Waals surface area contributed by atoms with Gasteiger partial charge in [-0.15, -0.1) is 0 Å². The van der Waals surface area contributed by atoms with Gasteiger partial charge in [0.1, 0.15) is 0 Å². The number of hydrogen-bond donors (Lipinski definition) is 1. The lowest BCUT2D eigenvalue weighted by atomic mass is 9.89. The van der Waals surface area contributed by atoms with Gasteiger partial charge in [0.15, 0.2) is 0 Å². The van der Waals surface area contributed by atoms with Gasteiger partial charge in [0.2, 0.25) is 0 Å². The molecule has 0 aliphatic carbocycles. The minimum atomic E-state index is -0.766. The van der Waals surface area contributed by atoms with Crippen molar-refractivity contribution in [3.8, 4) is 0 Å². The van der Waals surface area contributed by atoms with Crippen molar-refractivity contribution in [1.29, 1.82) is 0 Å². The van der Waals surface area contributed by atoms with Gasteiger partial charge >= 0.3 is 5.97 Å². The first kappa shape index (κ1) is 12.7. The van der Waals surface area contributed by atoms with Crippen LogP contribution in [0.5, 0.6) is 0 Å². The molecule has 4 nitrogen and oxygen atoms in total. The van der Waals surface area contributed by atoms with Crippen molar-refractivity contribution < 1.29 is 9.90 Å². The van der Waals surface area contributed by atoms with Crippen molar-refractivity contribution in [2.45, 2.75) is 46.0 Å². The lowest BCUT2D eigenvalue weighted by molar-refractivity contribution is -0.136. The van der Waals surface area contributed by atoms with E-state index in [4.69, 9.17) is 5.11 Å². The van der Waals surface area contributed by atoms with Gasteiger partial charge in [-0.2, -0.15) is 5.10 Å². The van der Waals surface area contributed by atoms with Crippen LogP contribution < -0.4 is 0 Å². The van der Waals surface area contributed by atoms with Gasteiger partial charge < -0.3 is 5.11 Å². The number of carbonyl (C=O) groups is 1. The molecule has 4 heteroatoms. The van der Waals surface area contributed by atoms with Gasteiger partial charge in [-0.25, -0.2) is 0 Å². The number of hydrogen-bond acceptors (Lipinski definition) is 2. The van der Waals surface area contributed by atoms with Crippen LogP contribution in [0.1, 0.15) is 44.1 Å². The van der Waals surface area contributed by atoms with Crippen LogP contribution in [0.15, 0.2) is 0 Å². The minimum absolute atomic E-state index is 0.00329. The second-order valence-electron chi connectivity index (χ2n) is 5.19. The van der Waals surface area contributed by atoms with Crippen LogP contribution >= 0.6 is 0 Å². The van der Waals surface area contributed by atoms with Gasteiger partial charge in [0.25, 0.3) is 0 Å². The lowest BCUT2D eigenvalue weighted by Crippen LogP contribution is -2.13. The van der Waals surface area contributed by atoms with Crippen LogP contribution in [0, 0.1) is 6.92 Å². The number of aryl methyl sites for hydroxylation is 1. The first-order chi connectivity index (χ1) is 7.23. The third-order valence-electron chi connectivity index (χ3n) is 2.71. The number of carboxylic acids is 1. The van der Waals surface area contributed by atoms with Gasteiger partial charge in [0.05, 0.1) is 12.1 Å². The third kappa shape index (κ3) is 2.62. The number of aromatic nitrogens is 2. The van der Waals surface area contributed by atoms with E-state index in [2.05, 4.69) is 25.9 Å². The molecule has 0 atom stereocenters. The summed E-state index contributed by atoms with van der Waals surface area (Å²) in [6, 6.07) is 0. The van der Waals surface area contributed by atoms with E-state index in [9.17, 15) is 4.79 Å². The predicted octanol–water partition coefficient (Wildman–Crippen LogP) is 2.04. The van der Waals surface area contributed by atoms with E-state index < -0.39 is 5.97 Å². The summed E-state index contributed by atoms with van der Waals surface area (Å²) in [5.74, 6) is -0.766. The molecule has 0 bridgehead atoms. The highest BCUT2D eigenvalue weighted by Gasteiger charge is 2.23. The van der Waals surface area contributed by atoms with E-state index in [1.807, 2.05) is 14.0 Å². The average molecular weight is 224 g/mol. The molecule has 1 aromatic rings. The van der Waals surface area contributed by atoms with E-state index in [-0.39, 0.29) is 11.8 Å². The molecule has 0 radical (unpaired) electrons. The number of aliphatic carboxylic acids is 1. The minimum Gasteiger partial charge on any atom is -0.481 e. The standard InChI is InChI=1S/C12H20N2O2/c1-8-9(6-7-10(15)16)14(5)13-11(8)12(2,3)4/h6-7H2,1-5H3,(H,15,16). The highest BCUT2D eigenvalue weighted by molar-refractivity contribution is 5.67. The summed E-state index contributed by atoms with van der Waals surface area (Å²) < 4.78 is 1.80. The molecular formula is C12H20N2O2. The molecule has 0 spiro atoms. The Hall–Kier alpha value is -1.32. The van der Waals surface area contributed by atoms with Crippen molar-refractivity contribution in [3.05, 3.63) is 17.0 Å². The Morgan fingerprint density at radius 2 is 2.00 bits per heavy atom. The van der Waals surface area contributed by atoms with Crippen LogP contribution in [0.25, 0.3) is 0 Å². The molecule has 0 fully saturated rings. The molecule has 1 rings (SSSR count). The Kier molecular flexibility index (Phi) is 3.41. The van der Waals surface area contributed by atoms with Crippen LogP contribution in [0.3, 0.4) is 0 Å². The number of rotatable bonds is 3. The molecule has 0 aliphatic heterocycles. The molecule has 0 aliphatic rings. The Balaban J connectivity index is 3.03. The van der Waals surface area contributed by atoms with Crippen molar-refractivity contribution in [3.63, 3.8) is 0 Å². The van der Waals surface area contributed by atoms with E-state index in [1.54, 1.807) is 4.68 Å². The van der Waals surface area contributed by atoms with Crippen molar-refractivity contribution in [2.75, 3.05) is 0 Å². The quantitative estimate of drug-likeness (QED) is 0.854. The van der Waals surface area contributed by atoms with Gasteiger partial charge in [0, 0.05) is 24.6 Å². The molecule has 0 unspecified atom stereocenters. The average Bonchev–Trinajstić information content (AvgIpc) is 2.38. The number of carboxylic acid groups (broad SMARTS) is 1. The Morgan fingerprint density at radius 3 is 2.38 bits per heavy atom. The maximum atomic E-state index is 10.6. The maximum Gasteiger partial charge on any atom is 0.303 e. The summed E-state index contributed by atoms with van der Waals surface area (Å²) in [7, 11) is 1.87. The Morgan fingerprint density at radius 1 is 1.44 bits per heavy atom. The smallest absolute Gasteiger partial charge is 0.303 e. The molecule has 0 aromatic carbocycles. The van der Waals surface area contributed by atoms with Crippen LogP contribution in [-0.4, -0.2) is 20.9 Å². The second-order valence-corrected chi connectivity index (χ2v) is 5.19. The molecule has 1 N–H and O–H groups in total. The van der Waals surface area contributed by atoms with Gasteiger partial charge in [-0.05, 0) is 12.5 Å². The van der Waals surface area contributed by atoms with E-state index in [1.165, 1.54) is 0 Å². The van der Waals surface area contributed by atoms with Gasteiger partial charge in [-0.1, -0.05) is 20.8 Å². The van der Waals surface area contributed by atoms with E-state index in [0.717, 1.165) is 17.0 Å². The normalized spacial score (nSPS) is 11.8. The summed E-state index contributed by atoms with van der Waals surface area (Å²) in [6.45, 7) is 8.36. The summed E-state index contributed by atoms with van der Waals surface area (Å²) in [5, 5.41) is 13.2. The zero-order valence-corrected chi connectivity index (χ0v) is 10.7. The third-order valence-corrected chi connectivity index (χ3v) is 2.71. The SMILES string of the molecule is Cc1c(C(C)(C)C)nn(C)c1CCC(=O)O. The van der Waals surface area contributed by atoms with Crippen LogP contribution in [0.2, 0.25) is 0 Å². The fourth-order valence-corrected chi connectivity index (χ4v) is 1.95. The zero-order valence-electron chi connectivity index (χ0n) is 10.7. The molecule has 0 saturated carbocycles. The summed E-state index contributed by atoms with van der Waals surface area (Å²) in [5.41, 5.74) is 3.20. The maximum absolute atomic E-state index is 10.6. The van der Waals surface area contributed by atoms with Crippen molar-refractivity contribution >= 4 is 5.97 Å². The molecule has 90 valence electrons. The van der Waals surface area contributed by atoms with Gasteiger partial charge in [-0.3, -0.25) is 9.48 Å².